The lowest BCUT2D eigenvalue weighted by molar-refractivity contribution is -0.122. The second kappa shape index (κ2) is 8.56. The van der Waals surface area contributed by atoms with Gasteiger partial charge >= 0.3 is 6.61 Å². The van der Waals surface area contributed by atoms with Gasteiger partial charge < -0.3 is 10.1 Å². The standard InChI is InChI=1S/C15H22F2N2O2/c1-4-9-18-14(20)11(3)19-10(2)12-7-5-6-8-13(12)21-15(16)17/h5-8,10-11,15,19H,4,9H2,1-3H3,(H,18,20). The molecule has 1 aromatic carbocycles. The zero-order valence-corrected chi connectivity index (χ0v) is 12.5. The lowest BCUT2D eigenvalue weighted by atomic mass is 10.1. The van der Waals surface area contributed by atoms with Crippen LogP contribution in [0.25, 0.3) is 0 Å². The van der Waals surface area contributed by atoms with Crippen molar-refractivity contribution in [3.63, 3.8) is 0 Å². The third-order valence-corrected chi connectivity index (χ3v) is 3.04. The molecule has 0 aliphatic rings. The van der Waals surface area contributed by atoms with Gasteiger partial charge in [-0.2, -0.15) is 8.78 Å². The molecule has 0 radical (unpaired) electrons. The molecule has 0 aromatic heterocycles. The number of carbonyl (C=O) groups excluding carboxylic acids is 1. The maximum absolute atomic E-state index is 12.4. The van der Waals surface area contributed by atoms with Gasteiger partial charge in [0.1, 0.15) is 5.75 Å². The van der Waals surface area contributed by atoms with Gasteiger partial charge in [0.15, 0.2) is 0 Å². The number of carbonyl (C=O) groups is 1. The Hall–Kier alpha value is -1.69. The number of nitrogens with one attached hydrogen (secondary N) is 2. The number of amides is 1. The molecule has 0 bridgehead atoms. The number of hydrogen-bond donors (Lipinski definition) is 2. The van der Waals surface area contributed by atoms with Crippen LogP contribution in [0.4, 0.5) is 8.78 Å². The lowest BCUT2D eigenvalue weighted by Crippen LogP contribution is -2.43. The molecular formula is C15H22F2N2O2. The quantitative estimate of drug-likeness (QED) is 0.776. The largest absolute Gasteiger partial charge is 0.434 e. The van der Waals surface area contributed by atoms with E-state index in [0.717, 1.165) is 6.42 Å². The fourth-order valence-corrected chi connectivity index (χ4v) is 1.98. The molecule has 0 spiro atoms. The van der Waals surface area contributed by atoms with Crippen molar-refractivity contribution in [2.24, 2.45) is 0 Å². The molecule has 1 aromatic rings. The molecule has 0 fully saturated rings. The topological polar surface area (TPSA) is 50.4 Å². The zero-order valence-electron chi connectivity index (χ0n) is 12.5. The van der Waals surface area contributed by atoms with Crippen molar-refractivity contribution in [2.45, 2.75) is 45.9 Å². The predicted octanol–water partition coefficient (Wildman–Crippen LogP) is 2.85. The van der Waals surface area contributed by atoms with Crippen LogP contribution in [-0.4, -0.2) is 25.1 Å². The van der Waals surface area contributed by atoms with Gasteiger partial charge in [-0.1, -0.05) is 25.1 Å². The van der Waals surface area contributed by atoms with E-state index >= 15 is 0 Å². The van der Waals surface area contributed by atoms with Gasteiger partial charge in [-0.05, 0) is 26.3 Å². The summed E-state index contributed by atoms with van der Waals surface area (Å²) < 4.78 is 29.3. The Morgan fingerprint density at radius 3 is 2.57 bits per heavy atom. The SMILES string of the molecule is CCCNC(=O)C(C)NC(C)c1ccccc1OC(F)F. The third-order valence-electron chi connectivity index (χ3n) is 3.04. The van der Waals surface area contributed by atoms with Crippen LogP contribution in [0.15, 0.2) is 24.3 Å². The highest BCUT2D eigenvalue weighted by Gasteiger charge is 2.19. The number of hydrogen-bond acceptors (Lipinski definition) is 3. The van der Waals surface area contributed by atoms with E-state index in [9.17, 15) is 13.6 Å². The second-order valence-corrected chi connectivity index (χ2v) is 4.82. The summed E-state index contributed by atoms with van der Waals surface area (Å²) in [7, 11) is 0. The molecule has 2 atom stereocenters. The highest BCUT2D eigenvalue weighted by molar-refractivity contribution is 5.81. The summed E-state index contributed by atoms with van der Waals surface area (Å²) >= 11 is 0. The Kier molecular flexibility index (Phi) is 7.08. The van der Waals surface area contributed by atoms with E-state index in [2.05, 4.69) is 15.4 Å². The summed E-state index contributed by atoms with van der Waals surface area (Å²) in [5.41, 5.74) is 0.591. The van der Waals surface area contributed by atoms with Gasteiger partial charge in [-0.3, -0.25) is 10.1 Å². The van der Waals surface area contributed by atoms with Crippen LogP contribution in [0.3, 0.4) is 0 Å². The van der Waals surface area contributed by atoms with Gasteiger partial charge in [-0.25, -0.2) is 0 Å². The highest BCUT2D eigenvalue weighted by atomic mass is 19.3. The maximum Gasteiger partial charge on any atom is 0.387 e. The summed E-state index contributed by atoms with van der Waals surface area (Å²) in [4.78, 5) is 11.8. The molecule has 0 saturated heterocycles. The Labute approximate surface area is 123 Å². The first-order chi connectivity index (χ1) is 9.95. The van der Waals surface area contributed by atoms with Gasteiger partial charge in [0, 0.05) is 18.2 Å². The Morgan fingerprint density at radius 1 is 1.29 bits per heavy atom. The van der Waals surface area contributed by atoms with Crippen molar-refractivity contribution >= 4 is 5.91 Å². The van der Waals surface area contributed by atoms with Crippen LogP contribution >= 0.6 is 0 Å². The molecule has 4 nitrogen and oxygen atoms in total. The summed E-state index contributed by atoms with van der Waals surface area (Å²) in [5, 5.41) is 5.86. The molecule has 1 amide bonds. The highest BCUT2D eigenvalue weighted by Crippen LogP contribution is 2.26. The summed E-state index contributed by atoms with van der Waals surface area (Å²) in [6, 6.07) is 5.85. The fraction of sp³-hybridized carbons (Fsp3) is 0.533. The molecule has 0 aliphatic carbocycles. The Balaban J connectivity index is 2.70. The van der Waals surface area contributed by atoms with Crippen molar-refractivity contribution < 1.29 is 18.3 Å². The van der Waals surface area contributed by atoms with Crippen LogP contribution in [0.2, 0.25) is 0 Å². The van der Waals surface area contributed by atoms with Crippen molar-refractivity contribution in [3.05, 3.63) is 29.8 Å². The van der Waals surface area contributed by atoms with Crippen LogP contribution in [0.1, 0.15) is 38.8 Å². The second-order valence-electron chi connectivity index (χ2n) is 4.82. The number of alkyl halides is 2. The molecule has 0 heterocycles. The molecule has 2 unspecified atom stereocenters. The van der Waals surface area contributed by atoms with Gasteiger partial charge in [-0.15, -0.1) is 0 Å². The van der Waals surface area contributed by atoms with Crippen molar-refractivity contribution in [3.8, 4) is 5.75 Å². The number of ether oxygens (including phenoxy) is 1. The molecule has 21 heavy (non-hydrogen) atoms. The van der Waals surface area contributed by atoms with Crippen molar-refractivity contribution in [2.75, 3.05) is 6.54 Å². The summed E-state index contributed by atoms with van der Waals surface area (Å²) in [6.45, 7) is 3.25. The summed E-state index contributed by atoms with van der Waals surface area (Å²) in [5.74, 6) is 0.00428. The molecule has 0 saturated carbocycles. The Morgan fingerprint density at radius 2 is 1.95 bits per heavy atom. The molecule has 6 heteroatoms. The predicted molar refractivity (Wildman–Crippen MR) is 77.4 cm³/mol. The van der Waals surface area contributed by atoms with Crippen molar-refractivity contribution in [1.82, 2.24) is 10.6 Å². The van der Waals surface area contributed by atoms with Crippen LogP contribution in [0.5, 0.6) is 5.75 Å². The van der Waals surface area contributed by atoms with E-state index in [0.29, 0.717) is 12.1 Å². The minimum atomic E-state index is -2.87. The van der Waals surface area contributed by atoms with Crippen LogP contribution in [0, 0.1) is 0 Å². The van der Waals surface area contributed by atoms with Gasteiger partial charge in [0.05, 0.1) is 6.04 Å². The minimum Gasteiger partial charge on any atom is -0.434 e. The first-order valence-electron chi connectivity index (χ1n) is 7.03. The Bertz CT molecular complexity index is 455. The number of benzene rings is 1. The smallest absolute Gasteiger partial charge is 0.387 e. The molecule has 0 aliphatic heterocycles. The van der Waals surface area contributed by atoms with Gasteiger partial charge in [0.25, 0.3) is 0 Å². The molecule has 2 N–H and O–H groups in total. The third kappa shape index (κ3) is 5.67. The van der Waals surface area contributed by atoms with Crippen LogP contribution < -0.4 is 15.4 Å². The molecule has 1 rings (SSSR count). The van der Waals surface area contributed by atoms with Crippen molar-refractivity contribution in [1.29, 1.82) is 0 Å². The van der Waals surface area contributed by atoms with E-state index in [1.54, 1.807) is 32.0 Å². The van der Waals surface area contributed by atoms with E-state index in [1.807, 2.05) is 6.92 Å². The number of para-hydroxylation sites is 1. The normalized spacial score (nSPS) is 13.8. The maximum atomic E-state index is 12.4. The monoisotopic (exact) mass is 300 g/mol. The molecular weight excluding hydrogens is 278 g/mol. The zero-order chi connectivity index (χ0) is 15.8. The van der Waals surface area contributed by atoms with E-state index in [4.69, 9.17) is 0 Å². The van der Waals surface area contributed by atoms with E-state index < -0.39 is 12.7 Å². The number of rotatable bonds is 8. The average molecular weight is 300 g/mol. The minimum absolute atomic E-state index is 0.115. The van der Waals surface area contributed by atoms with E-state index in [-0.39, 0.29) is 17.7 Å². The molecule has 118 valence electrons. The van der Waals surface area contributed by atoms with E-state index in [1.165, 1.54) is 6.07 Å². The number of halogens is 2. The fourth-order valence-electron chi connectivity index (χ4n) is 1.98. The first kappa shape index (κ1) is 17.4. The average Bonchev–Trinajstić information content (AvgIpc) is 2.44. The first-order valence-corrected chi connectivity index (χ1v) is 7.03. The lowest BCUT2D eigenvalue weighted by Gasteiger charge is -2.22. The summed E-state index contributed by atoms with van der Waals surface area (Å²) in [6.07, 6.45) is 0.860. The van der Waals surface area contributed by atoms with Crippen LogP contribution in [-0.2, 0) is 4.79 Å². The van der Waals surface area contributed by atoms with Gasteiger partial charge in [0.2, 0.25) is 5.91 Å².